The average molecular weight is 316 g/mol. The molecule has 0 aliphatic carbocycles. The number of hydrogen-bond acceptors (Lipinski definition) is 4. The number of nitrogens with zero attached hydrogens (tertiary/aromatic N) is 2. The minimum absolute atomic E-state index is 0.0511. The molecule has 2 rings (SSSR count). The Morgan fingerprint density at radius 3 is 2.45 bits per heavy atom. The summed E-state index contributed by atoms with van der Waals surface area (Å²) in [5.41, 5.74) is 1.61. The van der Waals surface area contributed by atoms with E-state index in [0.717, 1.165) is 5.56 Å². The van der Waals surface area contributed by atoms with Crippen LogP contribution in [0.15, 0.2) is 48.5 Å². The number of anilines is 1. The van der Waals surface area contributed by atoms with Gasteiger partial charge in [0.2, 0.25) is 0 Å². The molecule has 0 unspecified atom stereocenters. The molecular formula is C15H14N3O3S. The van der Waals surface area contributed by atoms with Gasteiger partial charge in [-0.15, -0.1) is 0 Å². The number of hydrogen-bond donors (Lipinski definition) is 2. The van der Waals surface area contributed by atoms with Gasteiger partial charge in [0.25, 0.3) is 5.69 Å². The maximum absolute atomic E-state index is 11.9. The Bertz CT molecular complexity index is 647. The van der Waals surface area contributed by atoms with Crippen molar-refractivity contribution in [1.82, 2.24) is 5.32 Å². The van der Waals surface area contributed by atoms with E-state index in [9.17, 15) is 14.9 Å². The quantitative estimate of drug-likeness (QED) is 0.506. The van der Waals surface area contributed by atoms with Crippen LogP contribution in [0.3, 0.4) is 0 Å². The van der Waals surface area contributed by atoms with Crippen molar-refractivity contribution in [3.63, 3.8) is 0 Å². The third-order valence-electron chi connectivity index (χ3n) is 2.97. The topological polar surface area (TPSA) is 75.5 Å². The Morgan fingerprint density at radius 1 is 1.23 bits per heavy atom. The highest BCUT2D eigenvalue weighted by Gasteiger charge is 2.10. The van der Waals surface area contributed by atoms with Crippen LogP contribution in [-0.4, -0.2) is 17.5 Å². The first kappa shape index (κ1) is 15.8. The van der Waals surface area contributed by atoms with Crippen molar-refractivity contribution in [1.29, 1.82) is 0 Å². The molecule has 0 aliphatic heterocycles. The number of nitrogens with one attached hydrogen (secondary N) is 1. The highest BCUT2D eigenvalue weighted by Crippen LogP contribution is 2.15. The Balaban J connectivity index is 1.83. The molecule has 0 bridgehead atoms. The van der Waals surface area contributed by atoms with Crippen LogP contribution in [0.25, 0.3) is 0 Å². The van der Waals surface area contributed by atoms with E-state index in [1.54, 1.807) is 36.4 Å². The number of carbonyl (C=O) groups excluding carboxylic acids is 1. The minimum Gasteiger partial charge on any atom is -0.337 e. The number of non-ortho nitro benzene ring substituents is 1. The van der Waals surface area contributed by atoms with Crippen molar-refractivity contribution in [2.24, 2.45) is 0 Å². The van der Waals surface area contributed by atoms with E-state index in [4.69, 9.17) is 0 Å². The molecule has 7 heteroatoms. The predicted molar refractivity (Wildman–Crippen MR) is 86.9 cm³/mol. The zero-order chi connectivity index (χ0) is 15.9. The number of urea groups is 1. The third-order valence-corrected chi connectivity index (χ3v) is 3.39. The van der Waals surface area contributed by atoms with Crippen LogP contribution >= 0.6 is 12.8 Å². The first-order chi connectivity index (χ1) is 10.6. The van der Waals surface area contributed by atoms with Gasteiger partial charge in [-0.3, -0.25) is 10.1 Å². The van der Waals surface area contributed by atoms with E-state index in [1.165, 1.54) is 16.4 Å². The summed E-state index contributed by atoms with van der Waals surface area (Å²) in [6.45, 7) is 0.409. The van der Waals surface area contributed by atoms with E-state index < -0.39 is 4.92 Å². The molecule has 0 aliphatic rings. The van der Waals surface area contributed by atoms with Gasteiger partial charge in [-0.25, -0.2) is 9.10 Å². The van der Waals surface area contributed by atoms with Crippen LogP contribution < -0.4 is 9.62 Å². The third kappa shape index (κ3) is 4.23. The van der Waals surface area contributed by atoms with Gasteiger partial charge in [-0.1, -0.05) is 37.1 Å². The number of amides is 2. The molecular weight excluding hydrogens is 302 g/mol. The zero-order valence-corrected chi connectivity index (χ0v) is 12.5. The van der Waals surface area contributed by atoms with Gasteiger partial charge in [0, 0.05) is 18.7 Å². The van der Waals surface area contributed by atoms with Gasteiger partial charge >= 0.3 is 6.03 Å². The maximum Gasteiger partial charge on any atom is 0.331 e. The fourth-order valence-corrected chi connectivity index (χ4v) is 2.01. The molecule has 0 spiro atoms. The minimum atomic E-state index is -0.443. The second kappa shape index (κ2) is 7.46. The summed E-state index contributed by atoms with van der Waals surface area (Å²) in [6.07, 6.45) is 0.577. The SMILES string of the molecule is O=C(NCCc1ccc([N+](=O)[O-])cc1)N(S)c1cc[c]cc1. The van der Waals surface area contributed by atoms with E-state index in [1.807, 2.05) is 0 Å². The summed E-state index contributed by atoms with van der Waals surface area (Å²) < 4.78 is 1.21. The summed E-state index contributed by atoms with van der Waals surface area (Å²) in [6, 6.07) is 15.6. The summed E-state index contributed by atoms with van der Waals surface area (Å²) in [5, 5.41) is 13.3. The average Bonchev–Trinajstić information content (AvgIpc) is 2.55. The predicted octanol–water partition coefficient (Wildman–Crippen LogP) is 3.00. The first-order valence-electron chi connectivity index (χ1n) is 6.54. The van der Waals surface area contributed by atoms with Crippen molar-refractivity contribution in [2.45, 2.75) is 6.42 Å². The van der Waals surface area contributed by atoms with Crippen molar-refractivity contribution >= 4 is 30.2 Å². The molecule has 2 amide bonds. The van der Waals surface area contributed by atoms with Crippen LogP contribution in [0.4, 0.5) is 16.2 Å². The van der Waals surface area contributed by atoms with Crippen LogP contribution in [0, 0.1) is 16.2 Å². The Morgan fingerprint density at radius 2 is 1.86 bits per heavy atom. The van der Waals surface area contributed by atoms with Gasteiger partial charge < -0.3 is 5.32 Å². The van der Waals surface area contributed by atoms with E-state index in [0.29, 0.717) is 18.7 Å². The van der Waals surface area contributed by atoms with Crippen molar-refractivity contribution < 1.29 is 9.72 Å². The number of nitro groups is 1. The number of rotatable bonds is 5. The molecule has 1 radical (unpaired) electrons. The monoisotopic (exact) mass is 316 g/mol. The molecule has 0 atom stereocenters. The van der Waals surface area contributed by atoms with E-state index in [-0.39, 0.29) is 11.7 Å². The molecule has 1 N–H and O–H groups in total. The molecule has 2 aromatic rings. The molecule has 113 valence electrons. The molecule has 22 heavy (non-hydrogen) atoms. The van der Waals surface area contributed by atoms with E-state index in [2.05, 4.69) is 24.2 Å². The fraction of sp³-hybridized carbons (Fsp3) is 0.133. The van der Waals surface area contributed by atoms with Gasteiger partial charge in [0.1, 0.15) is 0 Å². The lowest BCUT2D eigenvalue weighted by atomic mass is 10.1. The smallest absolute Gasteiger partial charge is 0.331 e. The molecule has 2 aromatic carbocycles. The number of carbonyl (C=O) groups is 1. The van der Waals surface area contributed by atoms with Crippen LogP contribution in [0.5, 0.6) is 0 Å². The van der Waals surface area contributed by atoms with Crippen LogP contribution in [0.2, 0.25) is 0 Å². The number of thiol groups is 1. The molecule has 0 aromatic heterocycles. The second-order valence-electron chi connectivity index (χ2n) is 4.48. The lowest BCUT2D eigenvalue weighted by molar-refractivity contribution is -0.384. The van der Waals surface area contributed by atoms with Gasteiger partial charge in [0.05, 0.1) is 10.6 Å². The molecule has 0 fully saturated rings. The van der Waals surface area contributed by atoms with Crippen LogP contribution in [-0.2, 0) is 6.42 Å². The highest BCUT2D eigenvalue weighted by atomic mass is 32.1. The lowest BCUT2D eigenvalue weighted by Gasteiger charge is -2.16. The number of benzene rings is 2. The summed E-state index contributed by atoms with van der Waals surface area (Å²) in [5.74, 6) is 0. The number of nitro benzene ring substituents is 1. The highest BCUT2D eigenvalue weighted by molar-refractivity contribution is 7.82. The van der Waals surface area contributed by atoms with Crippen molar-refractivity contribution in [2.75, 3.05) is 10.8 Å². The Labute approximate surface area is 133 Å². The normalized spacial score (nSPS) is 10.0. The Hall–Kier alpha value is -2.54. The van der Waals surface area contributed by atoms with Crippen molar-refractivity contribution in [3.8, 4) is 0 Å². The first-order valence-corrected chi connectivity index (χ1v) is 6.94. The Kier molecular flexibility index (Phi) is 5.37. The van der Waals surface area contributed by atoms with E-state index >= 15 is 0 Å². The summed E-state index contributed by atoms with van der Waals surface area (Å²) in [4.78, 5) is 22.0. The molecule has 0 heterocycles. The fourth-order valence-electron chi connectivity index (χ4n) is 1.81. The van der Waals surface area contributed by atoms with Gasteiger partial charge in [0.15, 0.2) is 0 Å². The van der Waals surface area contributed by atoms with Crippen molar-refractivity contribution in [3.05, 3.63) is 70.3 Å². The van der Waals surface area contributed by atoms with Gasteiger partial charge in [-0.05, 0) is 30.2 Å². The zero-order valence-electron chi connectivity index (χ0n) is 11.6. The van der Waals surface area contributed by atoms with Crippen LogP contribution in [0.1, 0.15) is 5.56 Å². The standard InChI is InChI=1S/C15H14N3O3S/c19-15(17(22)13-4-2-1-3-5-13)16-11-10-12-6-8-14(9-7-12)18(20)21/h2-9,22H,10-11H2,(H,16,19). The second-order valence-corrected chi connectivity index (χ2v) is 4.88. The maximum atomic E-state index is 11.9. The summed E-state index contributed by atoms with van der Waals surface area (Å²) >= 11 is 4.14. The summed E-state index contributed by atoms with van der Waals surface area (Å²) in [7, 11) is 0. The largest absolute Gasteiger partial charge is 0.337 e. The van der Waals surface area contributed by atoms with Gasteiger partial charge in [-0.2, -0.15) is 0 Å². The molecule has 6 nitrogen and oxygen atoms in total. The lowest BCUT2D eigenvalue weighted by Crippen LogP contribution is -2.35. The molecule has 0 saturated heterocycles. The molecule has 0 saturated carbocycles.